The van der Waals surface area contributed by atoms with Gasteiger partial charge in [0.05, 0.1) is 23.7 Å². The van der Waals surface area contributed by atoms with Crippen LogP contribution in [-0.4, -0.2) is 37.2 Å². The molecule has 0 aromatic heterocycles. The second-order valence-electron chi connectivity index (χ2n) is 4.16. The summed E-state index contributed by atoms with van der Waals surface area (Å²) >= 11 is 4.97. The predicted octanol–water partition coefficient (Wildman–Crippen LogP) is 0.865. The Bertz CT molecular complexity index is 339. The Balaban J connectivity index is 2.48. The number of hydrogen-bond donors (Lipinski definition) is 1. The van der Waals surface area contributed by atoms with E-state index in [2.05, 4.69) is 5.32 Å². The van der Waals surface area contributed by atoms with Gasteiger partial charge in [0.2, 0.25) is 0 Å². The Labute approximate surface area is 96.3 Å². The fourth-order valence-corrected chi connectivity index (χ4v) is 4.01. The van der Waals surface area contributed by atoms with Crippen molar-refractivity contribution in [2.75, 3.05) is 18.1 Å². The molecule has 0 radical (unpaired) electrons. The van der Waals surface area contributed by atoms with Gasteiger partial charge in [0.15, 0.2) is 9.84 Å². The molecule has 1 aliphatic heterocycles. The summed E-state index contributed by atoms with van der Waals surface area (Å²) in [6.45, 7) is 4.41. The minimum Gasteiger partial charge on any atom is -0.471 e. The molecule has 1 N–H and O–H groups in total. The smallest absolute Gasteiger partial charge is 0.257 e. The highest BCUT2D eigenvalue weighted by Crippen LogP contribution is 2.22. The zero-order valence-corrected chi connectivity index (χ0v) is 10.7. The molecule has 88 valence electrons. The molecule has 0 aliphatic carbocycles. The van der Waals surface area contributed by atoms with Crippen LogP contribution in [0.25, 0.3) is 0 Å². The minimum absolute atomic E-state index is 0.135. The van der Waals surface area contributed by atoms with E-state index < -0.39 is 15.4 Å². The van der Waals surface area contributed by atoms with E-state index in [0.717, 1.165) is 6.42 Å². The first kappa shape index (κ1) is 12.7. The molecule has 0 bridgehead atoms. The fraction of sp³-hybridized carbons (Fsp3) is 0.889. The van der Waals surface area contributed by atoms with E-state index in [0.29, 0.717) is 18.2 Å². The van der Waals surface area contributed by atoms with Gasteiger partial charge in [-0.25, -0.2) is 8.42 Å². The summed E-state index contributed by atoms with van der Waals surface area (Å²) in [5.41, 5.74) is -0.455. The molecule has 0 aromatic carbocycles. The fourth-order valence-electron chi connectivity index (χ4n) is 1.59. The van der Waals surface area contributed by atoms with Gasteiger partial charge in [-0.1, -0.05) is 6.92 Å². The van der Waals surface area contributed by atoms with Gasteiger partial charge in [0, 0.05) is 0 Å². The first-order valence-corrected chi connectivity index (χ1v) is 7.25. The minimum atomic E-state index is -2.90. The van der Waals surface area contributed by atoms with Gasteiger partial charge in [-0.15, -0.1) is 0 Å². The highest BCUT2D eigenvalue weighted by atomic mass is 32.2. The summed E-state index contributed by atoms with van der Waals surface area (Å²) in [6.07, 6.45) is 1.47. The van der Waals surface area contributed by atoms with E-state index in [1.54, 1.807) is 0 Å². The predicted molar refractivity (Wildman–Crippen MR) is 63.7 cm³/mol. The van der Waals surface area contributed by atoms with Crippen LogP contribution in [-0.2, 0) is 14.6 Å². The molecule has 0 unspecified atom stereocenters. The van der Waals surface area contributed by atoms with Crippen molar-refractivity contribution in [1.82, 2.24) is 5.32 Å². The summed E-state index contributed by atoms with van der Waals surface area (Å²) in [5, 5.41) is 3.28. The van der Waals surface area contributed by atoms with Crippen LogP contribution in [0.3, 0.4) is 0 Å². The quantitative estimate of drug-likeness (QED) is 0.754. The van der Waals surface area contributed by atoms with Gasteiger partial charge in [-0.05, 0) is 32.0 Å². The summed E-state index contributed by atoms with van der Waals surface area (Å²) in [5.74, 6) is 0.364. The number of rotatable bonds is 3. The van der Waals surface area contributed by atoms with Crippen LogP contribution >= 0.6 is 12.2 Å². The SMILES string of the molecule is CCCOC(=S)N[C@]1(C)CCS(=O)(=O)C1. The van der Waals surface area contributed by atoms with Gasteiger partial charge < -0.3 is 10.1 Å². The summed E-state index contributed by atoms with van der Waals surface area (Å²) in [6, 6.07) is 0. The van der Waals surface area contributed by atoms with Crippen molar-refractivity contribution in [3.05, 3.63) is 0 Å². The lowest BCUT2D eigenvalue weighted by molar-refractivity contribution is 0.282. The molecular formula is C9H17NO3S2. The van der Waals surface area contributed by atoms with Crippen LogP contribution in [0.1, 0.15) is 26.7 Å². The number of thiocarbonyl (C=S) groups is 1. The van der Waals surface area contributed by atoms with E-state index in [9.17, 15) is 8.42 Å². The molecule has 0 saturated carbocycles. The van der Waals surface area contributed by atoms with Crippen molar-refractivity contribution in [2.24, 2.45) is 0 Å². The number of hydrogen-bond acceptors (Lipinski definition) is 4. The molecule has 0 aromatic rings. The number of ether oxygens (including phenoxy) is 1. The summed E-state index contributed by atoms with van der Waals surface area (Å²) in [7, 11) is -2.90. The van der Waals surface area contributed by atoms with Crippen molar-refractivity contribution in [3.63, 3.8) is 0 Å². The molecule has 1 fully saturated rings. The van der Waals surface area contributed by atoms with E-state index in [1.807, 2.05) is 13.8 Å². The Morgan fingerprint density at radius 3 is 2.73 bits per heavy atom. The summed E-state index contributed by atoms with van der Waals surface area (Å²) in [4.78, 5) is 0. The zero-order chi connectivity index (χ0) is 11.5. The third-order valence-corrected chi connectivity index (χ3v) is 4.47. The van der Waals surface area contributed by atoms with Crippen LogP contribution in [0.15, 0.2) is 0 Å². The normalized spacial score (nSPS) is 28.7. The molecule has 1 saturated heterocycles. The van der Waals surface area contributed by atoms with Crippen molar-refractivity contribution in [2.45, 2.75) is 32.2 Å². The second-order valence-corrected chi connectivity index (χ2v) is 6.72. The first-order chi connectivity index (χ1) is 6.87. The molecule has 0 spiro atoms. The third-order valence-electron chi connectivity index (χ3n) is 2.34. The molecule has 1 aliphatic rings. The van der Waals surface area contributed by atoms with Crippen molar-refractivity contribution in [1.29, 1.82) is 0 Å². The molecule has 1 rings (SSSR count). The molecule has 4 nitrogen and oxygen atoms in total. The van der Waals surface area contributed by atoms with E-state index in [1.165, 1.54) is 0 Å². The first-order valence-electron chi connectivity index (χ1n) is 5.02. The lowest BCUT2D eigenvalue weighted by Gasteiger charge is -2.25. The van der Waals surface area contributed by atoms with Gasteiger partial charge >= 0.3 is 0 Å². The topological polar surface area (TPSA) is 55.4 Å². The maximum Gasteiger partial charge on any atom is 0.257 e. The Morgan fingerprint density at radius 2 is 2.27 bits per heavy atom. The van der Waals surface area contributed by atoms with Crippen LogP contribution in [0.2, 0.25) is 0 Å². The lowest BCUT2D eigenvalue weighted by atomic mass is 10.0. The molecule has 6 heteroatoms. The van der Waals surface area contributed by atoms with Crippen LogP contribution in [0.5, 0.6) is 0 Å². The average Bonchev–Trinajstić information content (AvgIpc) is 2.37. The monoisotopic (exact) mass is 251 g/mol. The Morgan fingerprint density at radius 1 is 1.60 bits per heavy atom. The van der Waals surface area contributed by atoms with E-state index in [-0.39, 0.29) is 11.5 Å². The number of nitrogens with one attached hydrogen (secondary N) is 1. The average molecular weight is 251 g/mol. The maximum absolute atomic E-state index is 11.3. The van der Waals surface area contributed by atoms with Crippen molar-refractivity contribution >= 4 is 27.2 Å². The molecule has 15 heavy (non-hydrogen) atoms. The van der Waals surface area contributed by atoms with Gasteiger partial charge in [-0.3, -0.25) is 0 Å². The van der Waals surface area contributed by atoms with Crippen LogP contribution in [0, 0.1) is 0 Å². The largest absolute Gasteiger partial charge is 0.471 e. The van der Waals surface area contributed by atoms with Gasteiger partial charge in [0.1, 0.15) is 0 Å². The highest BCUT2D eigenvalue weighted by Gasteiger charge is 2.39. The lowest BCUT2D eigenvalue weighted by Crippen LogP contribution is -2.47. The highest BCUT2D eigenvalue weighted by molar-refractivity contribution is 7.91. The van der Waals surface area contributed by atoms with E-state index >= 15 is 0 Å². The molecule has 0 amide bonds. The molecule has 1 atom stereocenters. The Kier molecular flexibility index (Phi) is 3.94. The van der Waals surface area contributed by atoms with Gasteiger partial charge in [0.25, 0.3) is 5.17 Å². The maximum atomic E-state index is 11.3. The number of sulfone groups is 1. The van der Waals surface area contributed by atoms with Crippen LogP contribution in [0.4, 0.5) is 0 Å². The molecule has 1 heterocycles. The standard InChI is InChI=1S/C9H17NO3S2/c1-3-5-13-8(14)10-9(2)4-6-15(11,12)7-9/h3-7H2,1-2H3,(H,10,14)/t9-/m1/s1. The van der Waals surface area contributed by atoms with Gasteiger partial charge in [-0.2, -0.15) is 0 Å². The van der Waals surface area contributed by atoms with Crippen molar-refractivity contribution < 1.29 is 13.2 Å². The zero-order valence-electron chi connectivity index (χ0n) is 9.08. The van der Waals surface area contributed by atoms with Crippen molar-refractivity contribution in [3.8, 4) is 0 Å². The summed E-state index contributed by atoms with van der Waals surface area (Å²) < 4.78 is 27.8. The Hall–Kier alpha value is -0.360. The molecular weight excluding hydrogens is 234 g/mol. The second kappa shape index (κ2) is 4.65. The third kappa shape index (κ3) is 3.95. The van der Waals surface area contributed by atoms with Crippen LogP contribution < -0.4 is 5.32 Å². The van der Waals surface area contributed by atoms with E-state index in [4.69, 9.17) is 17.0 Å².